The molecule has 39 heavy (non-hydrogen) atoms. The summed E-state index contributed by atoms with van der Waals surface area (Å²) >= 11 is 1.22. The summed E-state index contributed by atoms with van der Waals surface area (Å²) in [6.45, 7) is 3.82. The average molecular weight is 540 g/mol. The van der Waals surface area contributed by atoms with Crippen molar-refractivity contribution in [3.8, 4) is 10.6 Å². The largest absolute Gasteiger partial charge is 0.503 e. The van der Waals surface area contributed by atoms with Gasteiger partial charge in [0.05, 0.1) is 34.0 Å². The number of hydrogen-bond acceptors (Lipinski definition) is 8. The molecule has 1 aliphatic heterocycles. The molecular formula is C30H25N3O5S. The molecule has 2 aromatic heterocycles. The molecule has 1 unspecified atom stereocenters. The SMILES string of the molecule is CCOC(=O)c1ccc(CN2C(=O)C(O)=C(C(=O)c3sc(-c4ccccc4)nc3C)C2c2ccccn2)cc1. The van der Waals surface area contributed by atoms with E-state index in [0.717, 1.165) is 5.56 Å². The van der Waals surface area contributed by atoms with Crippen molar-refractivity contribution < 1.29 is 24.2 Å². The van der Waals surface area contributed by atoms with Gasteiger partial charge in [0.25, 0.3) is 5.91 Å². The molecule has 0 bridgehead atoms. The third-order valence-corrected chi connectivity index (χ3v) is 7.56. The number of thiazole rings is 1. The van der Waals surface area contributed by atoms with Crippen LogP contribution in [-0.4, -0.2) is 44.2 Å². The van der Waals surface area contributed by atoms with Crippen molar-refractivity contribution in [3.05, 3.63) is 118 Å². The lowest BCUT2D eigenvalue weighted by Crippen LogP contribution is -2.31. The smallest absolute Gasteiger partial charge is 0.338 e. The molecule has 0 spiro atoms. The minimum Gasteiger partial charge on any atom is -0.503 e. The minimum atomic E-state index is -0.905. The lowest BCUT2D eigenvalue weighted by Gasteiger charge is -2.26. The Morgan fingerprint density at radius 1 is 1.03 bits per heavy atom. The number of amides is 1. The molecule has 8 nitrogen and oxygen atoms in total. The summed E-state index contributed by atoms with van der Waals surface area (Å²) in [5.74, 6) is -2.18. The molecule has 0 saturated heterocycles. The summed E-state index contributed by atoms with van der Waals surface area (Å²) in [6, 6.07) is 20.5. The summed E-state index contributed by atoms with van der Waals surface area (Å²) in [6.07, 6.45) is 1.58. The summed E-state index contributed by atoms with van der Waals surface area (Å²) < 4.78 is 5.04. The number of benzene rings is 2. The Labute approximate surface area is 229 Å². The van der Waals surface area contributed by atoms with Crippen LogP contribution in [-0.2, 0) is 16.1 Å². The van der Waals surface area contributed by atoms with Crippen LogP contribution in [0.5, 0.6) is 0 Å². The van der Waals surface area contributed by atoms with Gasteiger partial charge in [0.15, 0.2) is 5.76 Å². The third-order valence-electron chi connectivity index (χ3n) is 6.36. The molecule has 1 atom stereocenters. The highest BCUT2D eigenvalue weighted by molar-refractivity contribution is 7.17. The first-order valence-corrected chi connectivity index (χ1v) is 13.2. The van der Waals surface area contributed by atoms with Gasteiger partial charge in [0.2, 0.25) is 5.78 Å². The van der Waals surface area contributed by atoms with Crippen LogP contribution in [0.15, 0.2) is 90.3 Å². The first-order chi connectivity index (χ1) is 18.9. The van der Waals surface area contributed by atoms with Crippen LogP contribution in [0.3, 0.4) is 0 Å². The number of aliphatic hydroxyl groups excluding tert-OH is 1. The number of Topliss-reactive ketones (excluding diaryl/α,β-unsaturated/α-hetero) is 1. The molecule has 1 aliphatic rings. The van der Waals surface area contributed by atoms with E-state index in [4.69, 9.17) is 4.74 Å². The van der Waals surface area contributed by atoms with Gasteiger partial charge in [0, 0.05) is 18.3 Å². The standard InChI is InChI=1S/C30H25N3O5S/c1-3-38-30(37)21-14-12-19(13-15-21)17-33-24(22-11-7-8-16-31-22)23(26(35)29(33)36)25(34)27-18(2)32-28(39-27)20-9-5-4-6-10-20/h4-16,24,35H,3,17H2,1-2H3. The summed E-state index contributed by atoms with van der Waals surface area (Å²) in [7, 11) is 0. The fourth-order valence-corrected chi connectivity index (χ4v) is 5.51. The Morgan fingerprint density at radius 3 is 2.41 bits per heavy atom. The van der Waals surface area contributed by atoms with Crippen LogP contribution in [0, 0.1) is 6.92 Å². The first kappa shape index (κ1) is 26.0. The summed E-state index contributed by atoms with van der Waals surface area (Å²) in [5, 5.41) is 11.7. The number of aliphatic hydroxyl groups is 1. The Balaban J connectivity index is 1.50. The Bertz CT molecular complexity index is 1560. The van der Waals surface area contributed by atoms with Crippen LogP contribution in [0.4, 0.5) is 0 Å². The highest BCUT2D eigenvalue weighted by Gasteiger charge is 2.45. The molecule has 1 amide bonds. The molecule has 0 radical (unpaired) electrons. The first-order valence-electron chi connectivity index (χ1n) is 12.4. The Morgan fingerprint density at radius 2 is 1.74 bits per heavy atom. The van der Waals surface area contributed by atoms with Crippen LogP contribution in [0.2, 0.25) is 0 Å². The van der Waals surface area contributed by atoms with Crippen LogP contribution >= 0.6 is 11.3 Å². The number of carbonyl (C=O) groups is 3. The van der Waals surface area contributed by atoms with Gasteiger partial charge in [0.1, 0.15) is 11.0 Å². The fraction of sp³-hybridized carbons (Fsp3) is 0.167. The van der Waals surface area contributed by atoms with Gasteiger partial charge < -0.3 is 14.7 Å². The zero-order valence-electron chi connectivity index (χ0n) is 21.3. The number of ether oxygens (including phenoxy) is 1. The average Bonchev–Trinajstić information content (AvgIpc) is 3.47. The quantitative estimate of drug-likeness (QED) is 0.234. The van der Waals surface area contributed by atoms with Crippen molar-refractivity contribution in [1.29, 1.82) is 0 Å². The zero-order chi connectivity index (χ0) is 27.5. The van der Waals surface area contributed by atoms with E-state index in [-0.39, 0.29) is 18.7 Å². The molecular weight excluding hydrogens is 514 g/mol. The number of aromatic nitrogens is 2. The van der Waals surface area contributed by atoms with E-state index in [1.165, 1.54) is 16.2 Å². The van der Waals surface area contributed by atoms with E-state index in [1.54, 1.807) is 62.5 Å². The van der Waals surface area contributed by atoms with E-state index in [2.05, 4.69) is 9.97 Å². The lowest BCUT2D eigenvalue weighted by atomic mass is 9.98. The van der Waals surface area contributed by atoms with E-state index in [9.17, 15) is 19.5 Å². The molecule has 0 saturated carbocycles. The monoisotopic (exact) mass is 539 g/mol. The van der Waals surface area contributed by atoms with E-state index in [0.29, 0.717) is 32.4 Å². The van der Waals surface area contributed by atoms with Gasteiger partial charge in [-0.3, -0.25) is 14.6 Å². The topological polar surface area (TPSA) is 110 Å². The Kier molecular flexibility index (Phi) is 7.33. The van der Waals surface area contributed by atoms with Crippen molar-refractivity contribution in [2.24, 2.45) is 0 Å². The number of ketones is 1. The van der Waals surface area contributed by atoms with E-state index < -0.39 is 29.5 Å². The van der Waals surface area contributed by atoms with Crippen LogP contribution in [0.25, 0.3) is 10.6 Å². The van der Waals surface area contributed by atoms with Crippen molar-refractivity contribution in [3.63, 3.8) is 0 Å². The summed E-state index contributed by atoms with van der Waals surface area (Å²) in [5.41, 5.74) is 2.91. The second-order valence-electron chi connectivity index (χ2n) is 8.90. The highest BCUT2D eigenvalue weighted by atomic mass is 32.1. The molecule has 196 valence electrons. The summed E-state index contributed by atoms with van der Waals surface area (Å²) in [4.78, 5) is 50.1. The van der Waals surface area contributed by atoms with Gasteiger partial charge in [-0.15, -0.1) is 11.3 Å². The molecule has 0 fully saturated rings. The number of carbonyl (C=O) groups excluding carboxylic acids is 3. The van der Waals surface area contributed by atoms with Gasteiger partial charge in [-0.1, -0.05) is 48.5 Å². The highest BCUT2D eigenvalue weighted by Crippen LogP contribution is 2.41. The van der Waals surface area contributed by atoms with Crippen molar-refractivity contribution in [2.75, 3.05) is 6.61 Å². The number of esters is 1. The van der Waals surface area contributed by atoms with E-state index in [1.807, 2.05) is 30.3 Å². The normalized spacial score (nSPS) is 15.1. The molecule has 3 heterocycles. The molecule has 4 aromatic rings. The van der Waals surface area contributed by atoms with Crippen LogP contribution in [0.1, 0.15) is 49.9 Å². The molecule has 1 N–H and O–H groups in total. The van der Waals surface area contributed by atoms with E-state index >= 15 is 0 Å². The predicted molar refractivity (Wildman–Crippen MR) is 146 cm³/mol. The number of rotatable bonds is 8. The molecule has 5 rings (SSSR count). The predicted octanol–water partition coefficient (Wildman–Crippen LogP) is 5.47. The van der Waals surface area contributed by atoms with Gasteiger partial charge in [-0.05, 0) is 43.7 Å². The van der Waals surface area contributed by atoms with Gasteiger partial charge in [-0.2, -0.15) is 0 Å². The van der Waals surface area contributed by atoms with Crippen molar-refractivity contribution >= 4 is 29.0 Å². The second kappa shape index (κ2) is 11.0. The second-order valence-corrected chi connectivity index (χ2v) is 9.90. The maximum Gasteiger partial charge on any atom is 0.338 e. The minimum absolute atomic E-state index is 0.0341. The van der Waals surface area contributed by atoms with Gasteiger partial charge >= 0.3 is 5.97 Å². The zero-order valence-corrected chi connectivity index (χ0v) is 22.1. The van der Waals surface area contributed by atoms with Crippen LogP contribution < -0.4 is 0 Å². The number of pyridine rings is 1. The number of aryl methyl sites for hydroxylation is 1. The van der Waals surface area contributed by atoms with Crippen molar-refractivity contribution in [1.82, 2.24) is 14.9 Å². The molecule has 2 aromatic carbocycles. The maximum atomic E-state index is 13.9. The van der Waals surface area contributed by atoms with Crippen molar-refractivity contribution in [2.45, 2.75) is 26.4 Å². The fourth-order valence-electron chi connectivity index (χ4n) is 4.48. The molecule has 0 aliphatic carbocycles. The molecule has 9 heteroatoms. The van der Waals surface area contributed by atoms with Gasteiger partial charge in [-0.25, -0.2) is 9.78 Å². The Hall–Kier alpha value is -4.63. The lowest BCUT2D eigenvalue weighted by molar-refractivity contribution is -0.130. The third kappa shape index (κ3) is 5.08. The number of nitrogens with zero attached hydrogens (tertiary/aromatic N) is 3. The maximum absolute atomic E-state index is 13.9. The number of hydrogen-bond donors (Lipinski definition) is 1.